The van der Waals surface area contributed by atoms with Gasteiger partial charge in [0.2, 0.25) is 0 Å². The number of ether oxygens (including phenoxy) is 1. The lowest BCUT2D eigenvalue weighted by Gasteiger charge is -2.35. The van der Waals surface area contributed by atoms with E-state index in [2.05, 4.69) is 4.90 Å². The molecule has 4 heteroatoms. The van der Waals surface area contributed by atoms with Crippen LogP contribution in [0.1, 0.15) is 56.6 Å². The molecule has 23 heavy (non-hydrogen) atoms. The van der Waals surface area contributed by atoms with Gasteiger partial charge in [0.05, 0.1) is 18.3 Å². The minimum absolute atomic E-state index is 0.262. The van der Waals surface area contributed by atoms with Gasteiger partial charge in [0.15, 0.2) is 0 Å². The Bertz CT molecular complexity index is 465. The van der Waals surface area contributed by atoms with Gasteiger partial charge in [0.25, 0.3) is 0 Å². The van der Waals surface area contributed by atoms with Crippen molar-refractivity contribution in [2.24, 2.45) is 0 Å². The van der Waals surface area contributed by atoms with Crippen molar-refractivity contribution in [1.82, 2.24) is 4.90 Å². The highest BCUT2D eigenvalue weighted by Crippen LogP contribution is 2.25. The first-order valence-electron chi connectivity index (χ1n) is 9.02. The largest absolute Gasteiger partial charge is 0.387 e. The van der Waals surface area contributed by atoms with Crippen LogP contribution in [0.3, 0.4) is 0 Å². The molecule has 0 aromatic heterocycles. The fraction of sp³-hybridized carbons (Fsp3) is 0.684. The molecule has 2 aliphatic rings. The number of hydrogen-bond acceptors (Lipinski definition) is 3. The fourth-order valence-electron chi connectivity index (χ4n) is 3.74. The van der Waals surface area contributed by atoms with E-state index in [0.29, 0.717) is 18.8 Å². The number of β-amino-alcohol motifs (C(OH)–C–C–N with tert-alkyl or cyclic N) is 1. The van der Waals surface area contributed by atoms with Crippen LogP contribution in [-0.2, 0) is 4.74 Å². The smallest absolute Gasteiger partial charge is 0.123 e. The van der Waals surface area contributed by atoms with Crippen molar-refractivity contribution in [2.75, 3.05) is 19.6 Å². The van der Waals surface area contributed by atoms with E-state index in [1.165, 1.54) is 44.2 Å². The number of benzene rings is 1. The average molecular weight is 321 g/mol. The van der Waals surface area contributed by atoms with Crippen LogP contribution >= 0.6 is 0 Å². The maximum atomic E-state index is 12.9. The Hall–Kier alpha value is -0.970. The summed E-state index contributed by atoms with van der Waals surface area (Å²) in [6, 6.07) is 6.14. The zero-order valence-corrected chi connectivity index (χ0v) is 13.8. The maximum Gasteiger partial charge on any atom is 0.123 e. The van der Waals surface area contributed by atoms with Gasteiger partial charge in [-0.25, -0.2) is 4.39 Å². The van der Waals surface area contributed by atoms with Gasteiger partial charge in [0.1, 0.15) is 5.82 Å². The quantitative estimate of drug-likeness (QED) is 0.898. The van der Waals surface area contributed by atoms with Crippen molar-refractivity contribution in [2.45, 2.75) is 63.3 Å². The molecule has 0 spiro atoms. The van der Waals surface area contributed by atoms with Gasteiger partial charge in [-0.2, -0.15) is 0 Å². The standard InChI is InChI=1S/C19H28FNO2/c20-16-8-6-15(7-9-16)19(22)14-21-12-10-18(11-13-21)23-17-4-2-1-3-5-17/h6-9,17-19,22H,1-5,10-14H2. The van der Waals surface area contributed by atoms with Crippen molar-refractivity contribution in [3.05, 3.63) is 35.6 Å². The molecule has 0 amide bonds. The molecule has 0 radical (unpaired) electrons. The summed E-state index contributed by atoms with van der Waals surface area (Å²) in [5.41, 5.74) is 0.784. The summed E-state index contributed by atoms with van der Waals surface area (Å²) < 4.78 is 19.2. The molecule has 2 fully saturated rings. The van der Waals surface area contributed by atoms with Crippen molar-refractivity contribution in [1.29, 1.82) is 0 Å². The van der Waals surface area contributed by atoms with Gasteiger partial charge in [0, 0.05) is 19.6 Å². The highest BCUT2D eigenvalue weighted by molar-refractivity contribution is 5.18. The van der Waals surface area contributed by atoms with Crippen LogP contribution in [0.15, 0.2) is 24.3 Å². The van der Waals surface area contributed by atoms with Crippen LogP contribution < -0.4 is 0 Å². The van der Waals surface area contributed by atoms with E-state index >= 15 is 0 Å². The van der Waals surface area contributed by atoms with Crippen LogP contribution in [-0.4, -0.2) is 41.8 Å². The summed E-state index contributed by atoms with van der Waals surface area (Å²) >= 11 is 0. The van der Waals surface area contributed by atoms with Crippen LogP contribution in [0, 0.1) is 5.82 Å². The summed E-state index contributed by atoms with van der Waals surface area (Å²) in [6.07, 6.45) is 8.85. The molecule has 128 valence electrons. The number of halogens is 1. The molecular weight excluding hydrogens is 293 g/mol. The van der Waals surface area contributed by atoms with Crippen LogP contribution in [0.4, 0.5) is 4.39 Å². The fourth-order valence-corrected chi connectivity index (χ4v) is 3.74. The number of rotatable bonds is 5. The zero-order valence-electron chi connectivity index (χ0n) is 13.8. The van der Waals surface area contributed by atoms with E-state index in [4.69, 9.17) is 4.74 Å². The Labute approximate surface area is 138 Å². The number of piperidine rings is 1. The normalized spacial score (nSPS) is 23.0. The van der Waals surface area contributed by atoms with E-state index < -0.39 is 6.10 Å². The average Bonchev–Trinajstić information content (AvgIpc) is 2.58. The van der Waals surface area contributed by atoms with E-state index in [-0.39, 0.29) is 5.82 Å². The summed E-state index contributed by atoms with van der Waals surface area (Å²) in [4.78, 5) is 2.29. The Morgan fingerprint density at radius 3 is 2.26 bits per heavy atom. The third-order valence-electron chi connectivity index (χ3n) is 5.16. The predicted octanol–water partition coefficient (Wildman–Crippen LogP) is 3.67. The van der Waals surface area contributed by atoms with Crippen molar-refractivity contribution < 1.29 is 14.2 Å². The van der Waals surface area contributed by atoms with E-state index in [0.717, 1.165) is 31.5 Å². The van der Waals surface area contributed by atoms with E-state index in [9.17, 15) is 9.50 Å². The van der Waals surface area contributed by atoms with Crippen LogP contribution in [0.5, 0.6) is 0 Å². The number of likely N-dealkylation sites (tertiary alicyclic amines) is 1. The molecule has 1 N–H and O–H groups in total. The molecular formula is C19H28FNO2. The molecule has 3 rings (SSSR count). The molecule has 1 aromatic carbocycles. The third-order valence-corrected chi connectivity index (χ3v) is 5.16. The van der Waals surface area contributed by atoms with Crippen molar-refractivity contribution >= 4 is 0 Å². The lowest BCUT2D eigenvalue weighted by molar-refractivity contribution is -0.0591. The summed E-state index contributed by atoms with van der Waals surface area (Å²) in [7, 11) is 0. The monoisotopic (exact) mass is 321 g/mol. The molecule has 3 nitrogen and oxygen atoms in total. The summed E-state index contributed by atoms with van der Waals surface area (Å²) in [5.74, 6) is -0.262. The highest BCUT2D eigenvalue weighted by atomic mass is 19.1. The topological polar surface area (TPSA) is 32.7 Å². The zero-order chi connectivity index (χ0) is 16.1. The lowest BCUT2D eigenvalue weighted by Crippen LogP contribution is -2.40. The second kappa shape index (κ2) is 8.22. The molecule has 1 saturated heterocycles. The van der Waals surface area contributed by atoms with Crippen LogP contribution in [0.2, 0.25) is 0 Å². The molecule has 1 aromatic rings. The molecule has 1 saturated carbocycles. The first-order valence-corrected chi connectivity index (χ1v) is 9.02. The summed E-state index contributed by atoms with van der Waals surface area (Å²) in [5, 5.41) is 10.3. The number of aliphatic hydroxyl groups excluding tert-OH is 1. The van der Waals surface area contributed by atoms with Gasteiger partial charge in [-0.05, 0) is 43.4 Å². The summed E-state index contributed by atoms with van der Waals surface area (Å²) in [6.45, 7) is 2.55. The van der Waals surface area contributed by atoms with E-state index in [1.807, 2.05) is 0 Å². The Balaban J connectivity index is 1.40. The van der Waals surface area contributed by atoms with Gasteiger partial charge >= 0.3 is 0 Å². The van der Waals surface area contributed by atoms with Gasteiger partial charge in [-0.3, -0.25) is 0 Å². The minimum atomic E-state index is -0.550. The molecule has 0 bridgehead atoms. The lowest BCUT2D eigenvalue weighted by atomic mass is 9.97. The first-order chi connectivity index (χ1) is 11.2. The first kappa shape index (κ1) is 16.9. The second-order valence-corrected chi connectivity index (χ2v) is 6.96. The molecule has 1 atom stereocenters. The molecule has 1 heterocycles. The molecule has 1 aliphatic heterocycles. The number of hydrogen-bond donors (Lipinski definition) is 1. The third kappa shape index (κ3) is 5.00. The number of aliphatic hydroxyl groups is 1. The van der Waals surface area contributed by atoms with Crippen molar-refractivity contribution in [3.8, 4) is 0 Å². The second-order valence-electron chi connectivity index (χ2n) is 6.96. The number of nitrogens with zero attached hydrogens (tertiary/aromatic N) is 1. The molecule has 1 aliphatic carbocycles. The minimum Gasteiger partial charge on any atom is -0.387 e. The van der Waals surface area contributed by atoms with E-state index in [1.54, 1.807) is 12.1 Å². The molecule has 1 unspecified atom stereocenters. The van der Waals surface area contributed by atoms with Gasteiger partial charge in [-0.15, -0.1) is 0 Å². The highest BCUT2D eigenvalue weighted by Gasteiger charge is 2.25. The maximum absolute atomic E-state index is 12.9. The SMILES string of the molecule is OC(CN1CCC(OC2CCCCC2)CC1)c1ccc(F)cc1. The Morgan fingerprint density at radius 2 is 1.61 bits per heavy atom. The predicted molar refractivity (Wildman–Crippen MR) is 88.8 cm³/mol. The van der Waals surface area contributed by atoms with Gasteiger partial charge in [-0.1, -0.05) is 31.4 Å². The van der Waals surface area contributed by atoms with Crippen molar-refractivity contribution in [3.63, 3.8) is 0 Å². The van der Waals surface area contributed by atoms with Crippen LogP contribution in [0.25, 0.3) is 0 Å². The Morgan fingerprint density at radius 1 is 1.00 bits per heavy atom. The Kier molecular flexibility index (Phi) is 6.03. The van der Waals surface area contributed by atoms with Gasteiger partial charge < -0.3 is 14.7 Å².